The van der Waals surface area contributed by atoms with Gasteiger partial charge in [0.25, 0.3) is 5.91 Å². The van der Waals surface area contributed by atoms with Crippen molar-refractivity contribution in [1.29, 1.82) is 5.26 Å². The minimum Gasteiger partial charge on any atom is -0.444 e. The normalized spacial score (nSPS) is 19.2. The molecule has 0 spiro atoms. The van der Waals surface area contributed by atoms with E-state index in [-0.39, 0.29) is 18.2 Å². The smallest absolute Gasteiger partial charge is 0.417 e. The highest BCUT2D eigenvalue weighted by atomic mass is 19.4. The van der Waals surface area contributed by atoms with Gasteiger partial charge in [0.1, 0.15) is 11.1 Å². The van der Waals surface area contributed by atoms with Crippen molar-refractivity contribution in [2.24, 2.45) is 5.92 Å². The number of alkyl halides is 3. The fourth-order valence-corrected chi connectivity index (χ4v) is 4.26. The Hall–Kier alpha value is -3.29. The third-order valence-electron chi connectivity index (χ3n) is 6.22. The molecule has 2 saturated heterocycles. The minimum absolute atomic E-state index is 0.00337. The van der Waals surface area contributed by atoms with Crippen molar-refractivity contribution in [2.75, 3.05) is 24.5 Å². The Bertz CT molecular complexity index is 1060. The van der Waals surface area contributed by atoms with Gasteiger partial charge < -0.3 is 14.5 Å². The Morgan fingerprint density at radius 1 is 1.17 bits per heavy atom. The van der Waals surface area contributed by atoms with Crippen molar-refractivity contribution in [3.05, 3.63) is 29.3 Å². The van der Waals surface area contributed by atoms with Crippen molar-refractivity contribution < 1.29 is 32.3 Å². The summed E-state index contributed by atoms with van der Waals surface area (Å²) in [7, 11) is 0. The number of ether oxygens (including phenoxy) is 1. The van der Waals surface area contributed by atoms with Crippen molar-refractivity contribution in [2.45, 2.75) is 64.8 Å². The molecule has 2 aliphatic heterocycles. The maximum Gasteiger partial charge on any atom is 0.417 e. The van der Waals surface area contributed by atoms with Gasteiger partial charge in [0.05, 0.1) is 22.9 Å². The second-order valence-electron chi connectivity index (χ2n) is 10.3. The highest BCUT2D eigenvalue weighted by Gasteiger charge is 2.52. The standard InChI is InChI=1S/C24H29F3N4O4/c1-22(2,3)35-21(34)29-10-8-15(9-11-29)14-30-20(33)31(19(32)23(30,4)5)17-7-6-16(13-28)18(12-17)24(25,26)27/h6-7,12,15H,8-11,14H2,1-5H3. The fraction of sp³-hybridized carbons (Fsp3) is 0.583. The number of nitriles is 1. The monoisotopic (exact) mass is 494 g/mol. The first-order valence-corrected chi connectivity index (χ1v) is 11.3. The number of rotatable bonds is 3. The number of anilines is 1. The van der Waals surface area contributed by atoms with Crippen LogP contribution in [0.15, 0.2) is 18.2 Å². The topological polar surface area (TPSA) is 93.9 Å². The lowest BCUT2D eigenvalue weighted by Gasteiger charge is -2.37. The fourth-order valence-electron chi connectivity index (χ4n) is 4.26. The van der Waals surface area contributed by atoms with Crippen molar-refractivity contribution in [3.8, 4) is 6.07 Å². The van der Waals surface area contributed by atoms with Crippen LogP contribution in [0.25, 0.3) is 0 Å². The molecule has 0 bridgehead atoms. The van der Waals surface area contributed by atoms with Crippen LogP contribution in [0.1, 0.15) is 58.6 Å². The molecule has 0 aromatic heterocycles. The SMILES string of the molecule is CC(C)(C)OC(=O)N1CCC(CN2C(=O)N(c3ccc(C#N)c(C(F)(F)F)c3)C(=O)C2(C)C)CC1. The number of halogens is 3. The number of amides is 4. The molecular weight excluding hydrogens is 465 g/mol. The van der Waals surface area contributed by atoms with Crippen molar-refractivity contribution >= 4 is 23.7 Å². The largest absolute Gasteiger partial charge is 0.444 e. The molecule has 2 aliphatic rings. The molecule has 35 heavy (non-hydrogen) atoms. The van der Waals surface area contributed by atoms with Crippen LogP contribution >= 0.6 is 0 Å². The van der Waals surface area contributed by atoms with E-state index in [1.54, 1.807) is 39.5 Å². The molecular formula is C24H29F3N4O4. The molecule has 3 rings (SSSR count). The summed E-state index contributed by atoms with van der Waals surface area (Å²) < 4.78 is 45.7. The Kier molecular flexibility index (Phi) is 6.81. The molecule has 4 amide bonds. The molecule has 0 radical (unpaired) electrons. The number of hydrogen-bond donors (Lipinski definition) is 0. The van der Waals surface area contributed by atoms with E-state index in [1.165, 1.54) is 17.0 Å². The summed E-state index contributed by atoms with van der Waals surface area (Å²) in [6, 6.07) is 3.56. The van der Waals surface area contributed by atoms with Crippen LogP contribution in [-0.2, 0) is 15.7 Å². The Morgan fingerprint density at radius 2 is 1.77 bits per heavy atom. The summed E-state index contributed by atoms with van der Waals surface area (Å²) >= 11 is 0. The van der Waals surface area contributed by atoms with Gasteiger partial charge in [-0.25, -0.2) is 14.5 Å². The van der Waals surface area contributed by atoms with Crippen LogP contribution in [0.5, 0.6) is 0 Å². The van der Waals surface area contributed by atoms with Crippen LogP contribution in [-0.4, -0.2) is 58.6 Å². The van der Waals surface area contributed by atoms with E-state index < -0.39 is 46.5 Å². The number of benzene rings is 1. The number of likely N-dealkylation sites (tertiary alicyclic amines) is 1. The predicted octanol–water partition coefficient (Wildman–Crippen LogP) is 4.77. The van der Waals surface area contributed by atoms with Crippen LogP contribution in [0, 0.1) is 17.2 Å². The third-order valence-corrected chi connectivity index (χ3v) is 6.22. The van der Waals surface area contributed by atoms with Crippen molar-refractivity contribution in [3.63, 3.8) is 0 Å². The Balaban J connectivity index is 1.76. The molecule has 8 nitrogen and oxygen atoms in total. The van der Waals surface area contributed by atoms with Gasteiger partial charge in [0.2, 0.25) is 0 Å². The summed E-state index contributed by atoms with van der Waals surface area (Å²) in [4.78, 5) is 42.4. The van der Waals surface area contributed by atoms with E-state index in [1.807, 2.05) is 0 Å². The Morgan fingerprint density at radius 3 is 2.29 bits per heavy atom. The maximum absolute atomic E-state index is 13.4. The van der Waals surface area contributed by atoms with E-state index in [0.717, 1.165) is 11.0 Å². The average Bonchev–Trinajstić information content (AvgIpc) is 2.91. The molecule has 1 aromatic rings. The first-order valence-electron chi connectivity index (χ1n) is 11.3. The first-order chi connectivity index (χ1) is 16.1. The van der Waals surface area contributed by atoms with E-state index in [2.05, 4.69) is 0 Å². The molecule has 0 saturated carbocycles. The summed E-state index contributed by atoms with van der Waals surface area (Å²) in [6.07, 6.45) is -4.05. The van der Waals surface area contributed by atoms with Gasteiger partial charge in [-0.3, -0.25) is 4.79 Å². The summed E-state index contributed by atoms with van der Waals surface area (Å²) in [5, 5.41) is 9.02. The lowest BCUT2D eigenvalue weighted by Crippen LogP contribution is -2.49. The number of urea groups is 1. The number of piperidine rings is 1. The summed E-state index contributed by atoms with van der Waals surface area (Å²) in [5.41, 5.74) is -3.91. The van der Waals surface area contributed by atoms with Crippen LogP contribution in [0.2, 0.25) is 0 Å². The van der Waals surface area contributed by atoms with Gasteiger partial charge in [0, 0.05) is 19.6 Å². The molecule has 1 aromatic carbocycles. The Labute approximate surface area is 202 Å². The van der Waals surface area contributed by atoms with Gasteiger partial charge in [-0.05, 0) is 71.6 Å². The molecule has 0 atom stereocenters. The number of carbonyl (C=O) groups excluding carboxylic acids is 3. The molecule has 0 N–H and O–H groups in total. The molecule has 2 fully saturated rings. The summed E-state index contributed by atoms with van der Waals surface area (Å²) in [5.74, 6) is -0.650. The third kappa shape index (κ3) is 5.36. The second kappa shape index (κ2) is 9.06. The quantitative estimate of drug-likeness (QED) is 0.564. The number of nitrogens with zero attached hydrogens (tertiary/aromatic N) is 4. The van der Waals surface area contributed by atoms with Gasteiger partial charge >= 0.3 is 18.3 Å². The van der Waals surface area contributed by atoms with E-state index in [4.69, 9.17) is 10.00 Å². The van der Waals surface area contributed by atoms with E-state index in [0.29, 0.717) is 32.0 Å². The van der Waals surface area contributed by atoms with Gasteiger partial charge in [0.15, 0.2) is 0 Å². The molecule has 11 heteroatoms. The van der Waals surface area contributed by atoms with Gasteiger partial charge in [-0.2, -0.15) is 18.4 Å². The molecule has 190 valence electrons. The number of carbonyl (C=O) groups is 3. The van der Waals surface area contributed by atoms with Crippen LogP contribution in [0.4, 0.5) is 28.4 Å². The zero-order valence-corrected chi connectivity index (χ0v) is 20.4. The van der Waals surface area contributed by atoms with Gasteiger partial charge in [-0.1, -0.05) is 0 Å². The highest BCUT2D eigenvalue weighted by Crippen LogP contribution is 2.38. The lowest BCUT2D eigenvalue weighted by molar-refractivity contribution is -0.137. The lowest BCUT2D eigenvalue weighted by atomic mass is 9.94. The molecule has 0 aliphatic carbocycles. The highest BCUT2D eigenvalue weighted by molar-refractivity contribution is 6.23. The maximum atomic E-state index is 13.4. The summed E-state index contributed by atoms with van der Waals surface area (Å²) in [6.45, 7) is 9.55. The van der Waals surface area contributed by atoms with Crippen molar-refractivity contribution in [1.82, 2.24) is 9.80 Å². The zero-order chi connectivity index (χ0) is 26.3. The van der Waals surface area contributed by atoms with Crippen LogP contribution < -0.4 is 4.90 Å². The second-order valence-corrected chi connectivity index (χ2v) is 10.3. The number of imide groups is 1. The predicted molar refractivity (Wildman–Crippen MR) is 120 cm³/mol. The zero-order valence-electron chi connectivity index (χ0n) is 20.4. The van der Waals surface area contributed by atoms with Crippen LogP contribution in [0.3, 0.4) is 0 Å². The number of hydrogen-bond acceptors (Lipinski definition) is 5. The minimum atomic E-state index is -4.82. The van der Waals surface area contributed by atoms with E-state index in [9.17, 15) is 27.6 Å². The molecule has 2 heterocycles. The van der Waals surface area contributed by atoms with E-state index >= 15 is 0 Å². The first kappa shape index (κ1) is 26.3. The average molecular weight is 495 g/mol. The molecule has 0 unspecified atom stereocenters. The van der Waals surface area contributed by atoms with Gasteiger partial charge in [-0.15, -0.1) is 0 Å².